The standard InChI is InChI=1S/C20H22N6O2S/c1-13-4-3-5-14(2)18(13)23-19(27)15-12-21-20(29-15)22-16-6-7-17(25-24-16)26-8-10-28-11-9-26/h3-7,12H,8-11H2,1-2H3,(H,23,27)(H,21,22,24). The lowest BCUT2D eigenvalue weighted by Crippen LogP contribution is -2.36. The van der Waals surface area contributed by atoms with Crippen molar-refractivity contribution in [3.8, 4) is 0 Å². The highest BCUT2D eigenvalue weighted by Crippen LogP contribution is 2.25. The number of morpholine rings is 1. The van der Waals surface area contributed by atoms with Gasteiger partial charge < -0.3 is 20.3 Å². The van der Waals surface area contributed by atoms with Gasteiger partial charge in [0.05, 0.1) is 19.4 Å². The zero-order valence-corrected chi connectivity index (χ0v) is 17.1. The zero-order chi connectivity index (χ0) is 20.2. The van der Waals surface area contributed by atoms with E-state index in [1.54, 1.807) is 6.20 Å². The van der Waals surface area contributed by atoms with Crippen LogP contribution in [-0.4, -0.2) is 47.4 Å². The molecule has 0 atom stereocenters. The van der Waals surface area contributed by atoms with E-state index >= 15 is 0 Å². The number of carbonyl (C=O) groups excluding carboxylic acids is 1. The fraction of sp³-hybridized carbons (Fsp3) is 0.300. The second-order valence-electron chi connectivity index (χ2n) is 6.75. The van der Waals surface area contributed by atoms with Crippen LogP contribution in [0, 0.1) is 13.8 Å². The van der Waals surface area contributed by atoms with Gasteiger partial charge in [0.2, 0.25) is 0 Å². The number of rotatable bonds is 5. The Labute approximate surface area is 172 Å². The van der Waals surface area contributed by atoms with Crippen LogP contribution >= 0.6 is 11.3 Å². The highest BCUT2D eigenvalue weighted by atomic mass is 32.1. The maximum Gasteiger partial charge on any atom is 0.267 e. The van der Waals surface area contributed by atoms with Crippen molar-refractivity contribution in [1.82, 2.24) is 15.2 Å². The van der Waals surface area contributed by atoms with E-state index in [0.717, 1.165) is 35.7 Å². The maximum atomic E-state index is 12.6. The summed E-state index contributed by atoms with van der Waals surface area (Å²) < 4.78 is 5.35. The predicted molar refractivity (Wildman–Crippen MR) is 114 cm³/mol. The zero-order valence-electron chi connectivity index (χ0n) is 16.3. The Bertz CT molecular complexity index is 978. The van der Waals surface area contributed by atoms with E-state index in [1.165, 1.54) is 11.3 Å². The number of hydrogen-bond donors (Lipinski definition) is 2. The van der Waals surface area contributed by atoms with Crippen molar-refractivity contribution in [1.29, 1.82) is 0 Å². The number of para-hydroxylation sites is 1. The normalized spacial score (nSPS) is 13.9. The van der Waals surface area contributed by atoms with Gasteiger partial charge in [-0.1, -0.05) is 29.5 Å². The summed E-state index contributed by atoms with van der Waals surface area (Å²) in [6.45, 7) is 6.98. The topological polar surface area (TPSA) is 92.3 Å². The second kappa shape index (κ2) is 8.54. The van der Waals surface area contributed by atoms with Crippen molar-refractivity contribution in [3.63, 3.8) is 0 Å². The molecule has 29 heavy (non-hydrogen) atoms. The summed E-state index contributed by atoms with van der Waals surface area (Å²) >= 11 is 1.27. The summed E-state index contributed by atoms with van der Waals surface area (Å²) in [5.41, 5.74) is 2.89. The third-order valence-electron chi connectivity index (χ3n) is 4.67. The molecule has 2 aromatic heterocycles. The van der Waals surface area contributed by atoms with Crippen LogP contribution in [0.2, 0.25) is 0 Å². The van der Waals surface area contributed by atoms with Crippen molar-refractivity contribution in [2.45, 2.75) is 13.8 Å². The summed E-state index contributed by atoms with van der Waals surface area (Å²) in [5, 5.41) is 15.2. The molecule has 0 unspecified atom stereocenters. The van der Waals surface area contributed by atoms with Crippen LogP contribution in [-0.2, 0) is 4.74 Å². The van der Waals surface area contributed by atoms with Gasteiger partial charge in [0, 0.05) is 18.8 Å². The summed E-state index contributed by atoms with van der Waals surface area (Å²) in [7, 11) is 0. The number of hydrogen-bond acceptors (Lipinski definition) is 8. The van der Waals surface area contributed by atoms with E-state index in [1.807, 2.05) is 44.2 Å². The third-order valence-corrected chi connectivity index (χ3v) is 5.58. The van der Waals surface area contributed by atoms with Crippen molar-refractivity contribution in [3.05, 3.63) is 52.5 Å². The Morgan fingerprint density at radius 2 is 1.86 bits per heavy atom. The average molecular weight is 411 g/mol. The highest BCUT2D eigenvalue weighted by Gasteiger charge is 2.15. The number of thiazole rings is 1. The number of anilines is 4. The molecular formula is C20H22N6O2S. The van der Waals surface area contributed by atoms with Crippen LogP contribution in [0.3, 0.4) is 0 Å². The van der Waals surface area contributed by atoms with Crippen molar-refractivity contribution in [2.75, 3.05) is 41.8 Å². The molecule has 4 rings (SSSR count). The molecule has 2 N–H and O–H groups in total. The molecule has 3 heterocycles. The molecule has 3 aromatic rings. The molecule has 0 aliphatic carbocycles. The average Bonchev–Trinajstić information content (AvgIpc) is 3.21. The van der Waals surface area contributed by atoms with Crippen LogP contribution in [0.15, 0.2) is 36.5 Å². The smallest absolute Gasteiger partial charge is 0.267 e. The second-order valence-corrected chi connectivity index (χ2v) is 7.78. The number of nitrogens with zero attached hydrogens (tertiary/aromatic N) is 4. The first-order valence-electron chi connectivity index (χ1n) is 9.37. The van der Waals surface area contributed by atoms with Gasteiger partial charge in [-0.05, 0) is 37.1 Å². The number of aryl methyl sites for hydroxylation is 2. The van der Waals surface area contributed by atoms with E-state index < -0.39 is 0 Å². The molecule has 0 radical (unpaired) electrons. The lowest BCUT2D eigenvalue weighted by atomic mass is 10.1. The van der Waals surface area contributed by atoms with Crippen molar-refractivity contribution in [2.24, 2.45) is 0 Å². The van der Waals surface area contributed by atoms with Crippen LogP contribution in [0.4, 0.5) is 22.5 Å². The largest absolute Gasteiger partial charge is 0.378 e. The van der Waals surface area contributed by atoms with Gasteiger partial charge in [-0.3, -0.25) is 4.79 Å². The third kappa shape index (κ3) is 4.52. The molecule has 1 amide bonds. The van der Waals surface area contributed by atoms with Crippen LogP contribution in [0.25, 0.3) is 0 Å². The summed E-state index contributed by atoms with van der Waals surface area (Å²) in [5.74, 6) is 1.23. The lowest BCUT2D eigenvalue weighted by molar-refractivity contribution is 0.103. The molecule has 150 valence electrons. The molecule has 0 saturated carbocycles. The maximum absolute atomic E-state index is 12.6. The van der Waals surface area contributed by atoms with E-state index in [-0.39, 0.29) is 5.91 Å². The Kier molecular flexibility index (Phi) is 5.68. The fourth-order valence-electron chi connectivity index (χ4n) is 3.09. The van der Waals surface area contributed by atoms with Gasteiger partial charge >= 0.3 is 0 Å². The van der Waals surface area contributed by atoms with Crippen LogP contribution < -0.4 is 15.5 Å². The summed E-state index contributed by atoms with van der Waals surface area (Å²) in [6.07, 6.45) is 1.56. The highest BCUT2D eigenvalue weighted by molar-refractivity contribution is 7.17. The number of nitrogens with one attached hydrogen (secondary N) is 2. The number of ether oxygens (including phenoxy) is 1. The monoisotopic (exact) mass is 410 g/mol. The molecule has 1 aliphatic heterocycles. The minimum atomic E-state index is -0.179. The Morgan fingerprint density at radius 3 is 2.55 bits per heavy atom. The number of benzene rings is 1. The lowest BCUT2D eigenvalue weighted by Gasteiger charge is -2.27. The Balaban J connectivity index is 1.40. The minimum absolute atomic E-state index is 0.179. The molecule has 9 heteroatoms. The predicted octanol–water partition coefficient (Wildman–Crippen LogP) is 3.38. The Morgan fingerprint density at radius 1 is 1.10 bits per heavy atom. The molecule has 1 saturated heterocycles. The van der Waals surface area contributed by atoms with Crippen LogP contribution in [0.1, 0.15) is 20.8 Å². The molecule has 1 aromatic carbocycles. The molecule has 1 aliphatic rings. The fourth-order valence-corrected chi connectivity index (χ4v) is 3.80. The first-order valence-corrected chi connectivity index (χ1v) is 10.2. The molecule has 0 spiro atoms. The number of carbonyl (C=O) groups is 1. The first-order chi connectivity index (χ1) is 14.1. The molecular weight excluding hydrogens is 388 g/mol. The first kappa shape index (κ1) is 19.3. The molecule has 0 bridgehead atoms. The van der Waals surface area contributed by atoms with Gasteiger partial charge in [-0.25, -0.2) is 4.98 Å². The molecule has 1 fully saturated rings. The van der Waals surface area contributed by atoms with Gasteiger partial charge in [-0.2, -0.15) is 0 Å². The van der Waals surface area contributed by atoms with Gasteiger partial charge in [0.25, 0.3) is 5.91 Å². The summed E-state index contributed by atoms with van der Waals surface area (Å²) in [6, 6.07) is 9.70. The van der Waals surface area contributed by atoms with Gasteiger partial charge in [-0.15, -0.1) is 10.2 Å². The number of aromatic nitrogens is 3. The Hall–Kier alpha value is -3.04. The number of amides is 1. The van der Waals surface area contributed by atoms with Gasteiger partial charge in [0.15, 0.2) is 16.8 Å². The quantitative estimate of drug-likeness (QED) is 0.666. The van der Waals surface area contributed by atoms with Crippen molar-refractivity contribution >= 4 is 39.7 Å². The van der Waals surface area contributed by atoms with Crippen LogP contribution in [0.5, 0.6) is 0 Å². The van der Waals surface area contributed by atoms with Gasteiger partial charge in [0.1, 0.15) is 4.88 Å². The van der Waals surface area contributed by atoms with E-state index in [2.05, 4.69) is 30.7 Å². The van der Waals surface area contributed by atoms with E-state index in [0.29, 0.717) is 29.0 Å². The van der Waals surface area contributed by atoms with E-state index in [4.69, 9.17) is 4.74 Å². The summed E-state index contributed by atoms with van der Waals surface area (Å²) in [4.78, 5) is 19.5. The SMILES string of the molecule is Cc1cccc(C)c1NC(=O)c1cnc(Nc2ccc(N3CCOCC3)nn2)s1. The van der Waals surface area contributed by atoms with E-state index in [9.17, 15) is 4.79 Å². The minimum Gasteiger partial charge on any atom is -0.378 e. The molecule has 8 nitrogen and oxygen atoms in total. The van der Waals surface area contributed by atoms with Crippen molar-refractivity contribution < 1.29 is 9.53 Å².